The molecule has 1 heterocycles. The summed E-state index contributed by atoms with van der Waals surface area (Å²) in [5.41, 5.74) is 5.64. The van der Waals surface area contributed by atoms with E-state index in [0.29, 0.717) is 6.04 Å². The predicted octanol–water partition coefficient (Wildman–Crippen LogP) is 5.99. The second kappa shape index (κ2) is 11.0. The van der Waals surface area contributed by atoms with E-state index in [1.165, 1.54) is 75.5 Å². The Morgan fingerprint density at radius 1 is 1.23 bits per heavy atom. The molecule has 3 heteroatoms. The van der Waals surface area contributed by atoms with Crippen molar-refractivity contribution in [2.24, 2.45) is 0 Å². The van der Waals surface area contributed by atoms with Gasteiger partial charge in [0.15, 0.2) is 0 Å². The molecule has 1 aliphatic heterocycles. The molecule has 3 aliphatic rings. The zero-order valence-electron chi connectivity index (χ0n) is 19.4. The van der Waals surface area contributed by atoms with E-state index in [2.05, 4.69) is 59.9 Å². The molecule has 1 saturated heterocycles. The quantitative estimate of drug-likeness (QED) is 0.410. The van der Waals surface area contributed by atoms with Gasteiger partial charge >= 0.3 is 0 Å². The number of hydrogen-bond donors (Lipinski definition) is 2. The van der Waals surface area contributed by atoms with Crippen molar-refractivity contribution in [1.82, 2.24) is 15.5 Å². The summed E-state index contributed by atoms with van der Waals surface area (Å²) in [5.74, 6) is 0. The predicted molar refractivity (Wildman–Crippen MR) is 130 cm³/mol. The van der Waals surface area contributed by atoms with E-state index >= 15 is 0 Å². The van der Waals surface area contributed by atoms with Gasteiger partial charge in [-0.05, 0) is 57.8 Å². The average Bonchev–Trinajstić information content (AvgIpc) is 3.46. The molecule has 166 valence electrons. The Labute approximate surface area is 185 Å². The fourth-order valence-electron chi connectivity index (χ4n) is 5.55. The summed E-state index contributed by atoms with van der Waals surface area (Å²) in [4.78, 5) is 2.47. The second-order valence-corrected chi connectivity index (χ2v) is 9.23. The van der Waals surface area contributed by atoms with Crippen molar-refractivity contribution in [3.63, 3.8) is 0 Å². The first-order valence-corrected chi connectivity index (χ1v) is 12.2. The topological polar surface area (TPSA) is 27.3 Å². The van der Waals surface area contributed by atoms with Crippen molar-refractivity contribution in [2.45, 2.75) is 89.1 Å². The number of hydrogen-bond acceptors (Lipinski definition) is 3. The summed E-state index contributed by atoms with van der Waals surface area (Å²) >= 11 is 0. The molecule has 3 rings (SSSR count). The lowest BCUT2D eigenvalue weighted by Gasteiger charge is -2.37. The van der Waals surface area contributed by atoms with E-state index in [1.807, 2.05) is 7.05 Å². The highest BCUT2D eigenvalue weighted by Crippen LogP contribution is 2.39. The van der Waals surface area contributed by atoms with Crippen molar-refractivity contribution in [3.05, 3.63) is 60.0 Å². The molecular weight excluding hydrogens is 366 g/mol. The molecule has 1 saturated carbocycles. The van der Waals surface area contributed by atoms with E-state index in [-0.39, 0.29) is 5.54 Å². The fraction of sp³-hybridized carbons (Fsp3) is 0.630. The van der Waals surface area contributed by atoms with Crippen LogP contribution in [0.2, 0.25) is 0 Å². The number of allylic oxidation sites excluding steroid dienone is 5. The van der Waals surface area contributed by atoms with Gasteiger partial charge in [-0.2, -0.15) is 0 Å². The van der Waals surface area contributed by atoms with Crippen LogP contribution >= 0.6 is 0 Å². The molecule has 0 spiro atoms. The molecule has 30 heavy (non-hydrogen) atoms. The standard InChI is InChI=1S/C27H43N3/c1-5-12-25(17-16-24-13-7-6-8-14-24)27(18-9-10-19-27)29-21-22(2)30-20-11-15-26(30)23(3)28-4/h7,12-14,26,28-29H,2-3,5-6,8-11,15-21H2,1,4H3/b25-12+. The molecule has 0 radical (unpaired) electrons. The number of likely N-dealkylation sites (N-methyl/N-ethyl adjacent to an activating group) is 1. The van der Waals surface area contributed by atoms with E-state index in [0.717, 1.165) is 25.2 Å². The Hall–Kier alpha value is -1.74. The molecule has 0 amide bonds. The summed E-state index contributed by atoms with van der Waals surface area (Å²) in [6.45, 7) is 12.9. The smallest absolute Gasteiger partial charge is 0.0680 e. The van der Waals surface area contributed by atoms with Gasteiger partial charge in [-0.1, -0.05) is 68.4 Å². The minimum absolute atomic E-state index is 0.160. The minimum Gasteiger partial charge on any atom is -0.390 e. The summed E-state index contributed by atoms with van der Waals surface area (Å²) in [6.07, 6.45) is 23.0. The summed E-state index contributed by atoms with van der Waals surface area (Å²) in [6, 6.07) is 0.388. The lowest BCUT2D eigenvalue weighted by Crippen LogP contribution is -2.47. The average molecular weight is 410 g/mol. The van der Waals surface area contributed by atoms with Crippen LogP contribution in [0.25, 0.3) is 0 Å². The van der Waals surface area contributed by atoms with Crippen LogP contribution in [0.3, 0.4) is 0 Å². The number of nitrogens with one attached hydrogen (secondary N) is 2. The highest BCUT2D eigenvalue weighted by atomic mass is 15.2. The third-order valence-corrected chi connectivity index (χ3v) is 7.29. The molecular formula is C27H43N3. The van der Waals surface area contributed by atoms with Crippen molar-refractivity contribution in [2.75, 3.05) is 20.1 Å². The largest absolute Gasteiger partial charge is 0.390 e. The van der Waals surface area contributed by atoms with Gasteiger partial charge in [-0.25, -0.2) is 0 Å². The lowest BCUT2D eigenvalue weighted by molar-refractivity contribution is 0.314. The summed E-state index contributed by atoms with van der Waals surface area (Å²) < 4.78 is 0. The van der Waals surface area contributed by atoms with Crippen molar-refractivity contribution in [3.8, 4) is 0 Å². The molecule has 1 unspecified atom stereocenters. The monoisotopic (exact) mass is 409 g/mol. The molecule has 3 nitrogen and oxygen atoms in total. The Bertz CT molecular complexity index is 691. The van der Waals surface area contributed by atoms with Gasteiger partial charge in [0.2, 0.25) is 0 Å². The number of nitrogens with zero attached hydrogens (tertiary/aromatic N) is 1. The first-order chi connectivity index (χ1) is 14.6. The van der Waals surface area contributed by atoms with E-state index < -0.39 is 0 Å². The van der Waals surface area contributed by atoms with Crippen LogP contribution in [-0.4, -0.2) is 36.6 Å². The van der Waals surface area contributed by atoms with Crippen LogP contribution in [0.1, 0.15) is 77.6 Å². The van der Waals surface area contributed by atoms with Crippen molar-refractivity contribution in [1.29, 1.82) is 0 Å². The van der Waals surface area contributed by atoms with E-state index in [9.17, 15) is 0 Å². The molecule has 0 aromatic rings. The van der Waals surface area contributed by atoms with Gasteiger partial charge in [0.25, 0.3) is 0 Å². The summed E-state index contributed by atoms with van der Waals surface area (Å²) in [5, 5.41) is 7.29. The normalized spacial score (nSPS) is 23.5. The molecule has 0 aromatic carbocycles. The van der Waals surface area contributed by atoms with E-state index in [4.69, 9.17) is 0 Å². The zero-order valence-corrected chi connectivity index (χ0v) is 19.4. The van der Waals surface area contributed by atoms with Crippen LogP contribution in [0, 0.1) is 0 Å². The van der Waals surface area contributed by atoms with Crippen molar-refractivity contribution >= 4 is 0 Å². The van der Waals surface area contributed by atoms with E-state index in [1.54, 1.807) is 5.57 Å². The number of rotatable bonds is 11. The maximum Gasteiger partial charge on any atom is 0.0680 e. The Balaban J connectivity index is 1.65. The van der Waals surface area contributed by atoms with Crippen LogP contribution in [0.4, 0.5) is 0 Å². The molecule has 1 atom stereocenters. The fourth-order valence-corrected chi connectivity index (χ4v) is 5.55. The maximum absolute atomic E-state index is 4.48. The SMILES string of the molecule is C=C(NC)C1CCCN1C(=C)CNC1(/C(=C/CC)CCC2=CCCC=C2)CCCC1. The molecule has 0 aromatic heterocycles. The Kier molecular flexibility index (Phi) is 8.44. The third kappa shape index (κ3) is 5.49. The first kappa shape index (κ1) is 22.9. The molecule has 2 N–H and O–H groups in total. The third-order valence-electron chi connectivity index (χ3n) is 7.29. The second-order valence-electron chi connectivity index (χ2n) is 9.23. The minimum atomic E-state index is 0.160. The van der Waals surface area contributed by atoms with Gasteiger partial charge in [0.05, 0.1) is 6.04 Å². The van der Waals surface area contributed by atoms with Gasteiger partial charge < -0.3 is 15.5 Å². The van der Waals surface area contributed by atoms with Crippen LogP contribution < -0.4 is 10.6 Å². The highest BCUT2D eigenvalue weighted by molar-refractivity contribution is 5.28. The van der Waals surface area contributed by atoms with Crippen molar-refractivity contribution < 1.29 is 0 Å². The van der Waals surface area contributed by atoms with Gasteiger partial charge in [0.1, 0.15) is 0 Å². The van der Waals surface area contributed by atoms with Gasteiger partial charge in [-0.15, -0.1) is 0 Å². The van der Waals surface area contributed by atoms with Gasteiger partial charge in [-0.3, -0.25) is 0 Å². The van der Waals surface area contributed by atoms with Crippen LogP contribution in [0.5, 0.6) is 0 Å². The number of likely N-dealkylation sites (tertiary alicyclic amines) is 1. The zero-order chi connectivity index (χ0) is 21.4. The Morgan fingerprint density at radius 2 is 2.03 bits per heavy atom. The highest BCUT2D eigenvalue weighted by Gasteiger charge is 2.37. The van der Waals surface area contributed by atoms with Crippen LogP contribution in [-0.2, 0) is 0 Å². The maximum atomic E-state index is 4.48. The Morgan fingerprint density at radius 3 is 2.70 bits per heavy atom. The molecule has 2 aliphatic carbocycles. The summed E-state index contributed by atoms with van der Waals surface area (Å²) in [7, 11) is 1.98. The first-order valence-electron chi connectivity index (χ1n) is 12.2. The molecule has 2 fully saturated rings. The van der Waals surface area contributed by atoms with Gasteiger partial charge in [0, 0.05) is 37.1 Å². The van der Waals surface area contributed by atoms with Crippen LogP contribution in [0.15, 0.2) is 60.0 Å². The molecule has 0 bridgehead atoms. The lowest BCUT2D eigenvalue weighted by atomic mass is 9.83.